The molecule has 1 rings (SSSR count). The number of aromatic hydroxyl groups is 1. The molecule has 0 amide bonds. The summed E-state index contributed by atoms with van der Waals surface area (Å²) in [5, 5.41) is 18.8. The first-order valence-corrected chi connectivity index (χ1v) is 4.53. The Bertz CT molecular complexity index is 313. The zero-order chi connectivity index (χ0) is 10.8. The van der Waals surface area contributed by atoms with Crippen LogP contribution in [-0.2, 0) is 0 Å². The van der Waals surface area contributed by atoms with E-state index in [0.29, 0.717) is 5.75 Å². The van der Waals surface area contributed by atoms with E-state index in [2.05, 4.69) is 0 Å². The van der Waals surface area contributed by atoms with E-state index in [1.165, 1.54) is 0 Å². The Hall–Kier alpha value is -1.22. The molecule has 1 aromatic rings. The molecule has 0 saturated carbocycles. The zero-order valence-electron chi connectivity index (χ0n) is 8.74. The third-order valence-electron chi connectivity index (χ3n) is 1.77. The average Bonchev–Trinajstić information content (AvgIpc) is 2.06. The van der Waals surface area contributed by atoms with Gasteiger partial charge >= 0.3 is 0 Å². The Labute approximate surface area is 84.0 Å². The first-order valence-electron chi connectivity index (χ1n) is 4.53. The maximum Gasteiger partial charge on any atom is 0.123 e. The van der Waals surface area contributed by atoms with Crippen LogP contribution in [0.2, 0.25) is 0 Å². The standard InChI is InChI=1S/C11H16O3/c1-8-4-5-9(6-10(8)12)14-7-11(2,3)13/h4-6,12-13H,7H2,1-3H3. The van der Waals surface area contributed by atoms with E-state index in [4.69, 9.17) is 4.74 Å². The van der Waals surface area contributed by atoms with Gasteiger partial charge in [0.1, 0.15) is 18.1 Å². The lowest BCUT2D eigenvalue weighted by Gasteiger charge is -2.17. The summed E-state index contributed by atoms with van der Waals surface area (Å²) in [6, 6.07) is 5.08. The second-order valence-electron chi connectivity index (χ2n) is 4.05. The molecule has 0 unspecified atom stereocenters. The molecule has 2 N–H and O–H groups in total. The van der Waals surface area contributed by atoms with Gasteiger partial charge in [0.15, 0.2) is 0 Å². The van der Waals surface area contributed by atoms with Crippen LogP contribution in [0.25, 0.3) is 0 Å². The monoisotopic (exact) mass is 196 g/mol. The predicted octanol–water partition coefficient (Wildman–Crippen LogP) is 1.85. The fourth-order valence-corrected chi connectivity index (χ4v) is 0.939. The molecule has 3 nitrogen and oxygen atoms in total. The topological polar surface area (TPSA) is 49.7 Å². The van der Waals surface area contributed by atoms with E-state index in [9.17, 15) is 10.2 Å². The molecule has 1 aromatic carbocycles. The molecule has 0 aliphatic heterocycles. The third-order valence-corrected chi connectivity index (χ3v) is 1.77. The maximum atomic E-state index is 9.42. The van der Waals surface area contributed by atoms with Gasteiger partial charge in [-0.2, -0.15) is 0 Å². The van der Waals surface area contributed by atoms with Crippen molar-refractivity contribution in [2.75, 3.05) is 6.61 Å². The molecule has 78 valence electrons. The van der Waals surface area contributed by atoms with Crippen LogP contribution in [0.4, 0.5) is 0 Å². The lowest BCUT2D eigenvalue weighted by Crippen LogP contribution is -2.27. The van der Waals surface area contributed by atoms with Crippen molar-refractivity contribution in [1.82, 2.24) is 0 Å². The lowest BCUT2D eigenvalue weighted by atomic mass is 10.1. The first kappa shape index (κ1) is 10.9. The summed E-state index contributed by atoms with van der Waals surface area (Å²) in [4.78, 5) is 0. The highest BCUT2D eigenvalue weighted by atomic mass is 16.5. The Balaban J connectivity index is 2.65. The van der Waals surface area contributed by atoms with Gasteiger partial charge in [0.2, 0.25) is 0 Å². The van der Waals surface area contributed by atoms with Gasteiger partial charge in [0, 0.05) is 6.07 Å². The van der Waals surface area contributed by atoms with Crippen molar-refractivity contribution in [1.29, 1.82) is 0 Å². The molecular weight excluding hydrogens is 180 g/mol. The zero-order valence-corrected chi connectivity index (χ0v) is 8.74. The van der Waals surface area contributed by atoms with Crippen LogP contribution in [0.15, 0.2) is 18.2 Å². The molecule has 0 aromatic heterocycles. The second kappa shape index (κ2) is 3.88. The fourth-order valence-electron chi connectivity index (χ4n) is 0.939. The van der Waals surface area contributed by atoms with E-state index in [1.54, 1.807) is 32.0 Å². The molecule has 0 aliphatic rings. The van der Waals surface area contributed by atoms with E-state index >= 15 is 0 Å². The lowest BCUT2D eigenvalue weighted by molar-refractivity contribution is 0.0284. The fraction of sp³-hybridized carbons (Fsp3) is 0.455. The van der Waals surface area contributed by atoms with Crippen LogP contribution in [0, 0.1) is 6.92 Å². The highest BCUT2D eigenvalue weighted by Gasteiger charge is 2.13. The summed E-state index contributed by atoms with van der Waals surface area (Å²) >= 11 is 0. The van der Waals surface area contributed by atoms with Crippen LogP contribution in [-0.4, -0.2) is 22.4 Å². The second-order valence-corrected chi connectivity index (χ2v) is 4.05. The van der Waals surface area contributed by atoms with Crippen molar-refractivity contribution >= 4 is 0 Å². The molecule has 0 saturated heterocycles. The largest absolute Gasteiger partial charge is 0.508 e. The van der Waals surface area contributed by atoms with Crippen molar-refractivity contribution in [3.8, 4) is 11.5 Å². The van der Waals surface area contributed by atoms with E-state index in [1.807, 2.05) is 6.92 Å². The average molecular weight is 196 g/mol. The number of aliphatic hydroxyl groups is 1. The minimum Gasteiger partial charge on any atom is -0.508 e. The van der Waals surface area contributed by atoms with Gasteiger partial charge in [-0.3, -0.25) is 0 Å². The smallest absolute Gasteiger partial charge is 0.123 e. The van der Waals surface area contributed by atoms with Crippen molar-refractivity contribution in [2.24, 2.45) is 0 Å². The van der Waals surface area contributed by atoms with Gasteiger partial charge in [-0.15, -0.1) is 0 Å². The molecule has 0 atom stereocenters. The Morgan fingerprint density at radius 1 is 1.36 bits per heavy atom. The molecule has 0 heterocycles. The molecule has 0 fully saturated rings. The number of hydrogen-bond donors (Lipinski definition) is 2. The number of hydrogen-bond acceptors (Lipinski definition) is 3. The van der Waals surface area contributed by atoms with E-state index in [-0.39, 0.29) is 12.4 Å². The summed E-state index contributed by atoms with van der Waals surface area (Å²) in [7, 11) is 0. The number of ether oxygens (including phenoxy) is 1. The normalized spacial score (nSPS) is 11.4. The number of aryl methyl sites for hydroxylation is 1. The van der Waals surface area contributed by atoms with Crippen molar-refractivity contribution < 1.29 is 14.9 Å². The minimum atomic E-state index is -0.861. The SMILES string of the molecule is Cc1ccc(OCC(C)(C)O)cc1O. The summed E-state index contributed by atoms with van der Waals surface area (Å²) in [6.07, 6.45) is 0. The minimum absolute atomic E-state index is 0.204. The quantitative estimate of drug-likeness (QED) is 0.775. The highest BCUT2D eigenvalue weighted by molar-refractivity contribution is 5.38. The molecule has 3 heteroatoms. The van der Waals surface area contributed by atoms with Gasteiger partial charge < -0.3 is 14.9 Å². The summed E-state index contributed by atoms with van der Waals surface area (Å²) in [6.45, 7) is 5.35. The summed E-state index contributed by atoms with van der Waals surface area (Å²) in [5.74, 6) is 0.772. The molecular formula is C11H16O3. The Morgan fingerprint density at radius 3 is 2.50 bits per heavy atom. The molecule has 0 radical (unpaired) electrons. The van der Waals surface area contributed by atoms with Gasteiger partial charge in [-0.05, 0) is 32.4 Å². The van der Waals surface area contributed by atoms with Gasteiger partial charge in [0.25, 0.3) is 0 Å². The Morgan fingerprint density at radius 2 is 2.00 bits per heavy atom. The molecule has 0 spiro atoms. The molecule has 0 aliphatic carbocycles. The van der Waals surface area contributed by atoms with Crippen LogP contribution < -0.4 is 4.74 Å². The van der Waals surface area contributed by atoms with Crippen LogP contribution in [0.3, 0.4) is 0 Å². The summed E-state index contributed by atoms with van der Waals surface area (Å²) < 4.78 is 5.30. The maximum absolute atomic E-state index is 9.42. The Kier molecular flexibility index (Phi) is 3.01. The van der Waals surface area contributed by atoms with E-state index < -0.39 is 5.60 Å². The number of rotatable bonds is 3. The third kappa shape index (κ3) is 3.26. The number of benzene rings is 1. The van der Waals surface area contributed by atoms with Gasteiger partial charge in [0.05, 0.1) is 5.60 Å². The van der Waals surface area contributed by atoms with Gasteiger partial charge in [-0.1, -0.05) is 6.07 Å². The highest BCUT2D eigenvalue weighted by Crippen LogP contribution is 2.23. The first-order chi connectivity index (χ1) is 6.38. The summed E-state index contributed by atoms with van der Waals surface area (Å²) in [5.41, 5.74) is -0.0545. The molecule has 0 bridgehead atoms. The molecule has 14 heavy (non-hydrogen) atoms. The number of phenolic OH excluding ortho intramolecular Hbond substituents is 1. The van der Waals surface area contributed by atoms with Crippen LogP contribution >= 0.6 is 0 Å². The van der Waals surface area contributed by atoms with Gasteiger partial charge in [-0.25, -0.2) is 0 Å². The predicted molar refractivity (Wildman–Crippen MR) is 54.6 cm³/mol. The van der Waals surface area contributed by atoms with Crippen LogP contribution in [0.5, 0.6) is 11.5 Å². The van der Waals surface area contributed by atoms with E-state index in [0.717, 1.165) is 5.56 Å². The van der Waals surface area contributed by atoms with Crippen molar-refractivity contribution in [2.45, 2.75) is 26.4 Å². The van der Waals surface area contributed by atoms with Crippen molar-refractivity contribution in [3.63, 3.8) is 0 Å². The van der Waals surface area contributed by atoms with Crippen molar-refractivity contribution in [3.05, 3.63) is 23.8 Å². The number of phenols is 1. The van der Waals surface area contributed by atoms with Crippen LogP contribution in [0.1, 0.15) is 19.4 Å².